The molecular weight excluding hydrogens is 178 g/mol. The number of hydrogen-bond donors (Lipinski definition) is 1. The van der Waals surface area contributed by atoms with E-state index in [1.54, 1.807) is 14.0 Å². The minimum absolute atomic E-state index is 0.304. The molecule has 0 bridgehead atoms. The third-order valence-corrected chi connectivity index (χ3v) is 2.60. The van der Waals surface area contributed by atoms with Gasteiger partial charge in [-0.3, -0.25) is 4.90 Å². The van der Waals surface area contributed by atoms with Gasteiger partial charge < -0.3 is 10.5 Å². The third-order valence-electron chi connectivity index (χ3n) is 2.60. The molecule has 1 aliphatic rings. The van der Waals surface area contributed by atoms with E-state index in [0.717, 1.165) is 25.9 Å². The molecule has 0 aromatic rings. The highest BCUT2D eigenvalue weighted by Crippen LogP contribution is 2.14. The van der Waals surface area contributed by atoms with Crippen LogP contribution >= 0.6 is 0 Å². The molecule has 4 heteroatoms. The third kappa shape index (κ3) is 3.26. The van der Waals surface area contributed by atoms with Gasteiger partial charge in [-0.05, 0) is 26.3 Å². The van der Waals surface area contributed by atoms with Gasteiger partial charge in [0.05, 0.1) is 12.2 Å². The molecule has 4 nitrogen and oxygen atoms in total. The van der Waals surface area contributed by atoms with Gasteiger partial charge in [-0.1, -0.05) is 0 Å². The summed E-state index contributed by atoms with van der Waals surface area (Å²) in [5, 5.41) is 8.81. The van der Waals surface area contributed by atoms with E-state index in [4.69, 9.17) is 15.7 Å². The Bertz CT molecular complexity index is 222. The van der Waals surface area contributed by atoms with Crippen molar-refractivity contribution in [3.63, 3.8) is 0 Å². The molecule has 1 fully saturated rings. The number of methoxy groups -OCH3 is 1. The summed E-state index contributed by atoms with van der Waals surface area (Å²) in [7, 11) is 1.74. The summed E-state index contributed by atoms with van der Waals surface area (Å²) in [6.07, 6.45) is 2.54. The van der Waals surface area contributed by atoms with Crippen molar-refractivity contribution in [3.8, 4) is 6.07 Å². The van der Waals surface area contributed by atoms with Crippen LogP contribution in [0.2, 0.25) is 0 Å². The maximum atomic E-state index is 8.81. The molecule has 0 amide bonds. The maximum Gasteiger partial charge on any atom is 0.114 e. The molecule has 0 aromatic heterocycles. The lowest BCUT2D eigenvalue weighted by molar-refractivity contribution is 0.0274. The van der Waals surface area contributed by atoms with E-state index < -0.39 is 5.54 Å². The maximum absolute atomic E-state index is 8.81. The molecule has 1 aliphatic heterocycles. The van der Waals surface area contributed by atoms with Gasteiger partial charge in [-0.15, -0.1) is 0 Å². The molecule has 0 aromatic carbocycles. The highest BCUT2D eigenvalue weighted by Gasteiger charge is 2.26. The van der Waals surface area contributed by atoms with E-state index in [1.165, 1.54) is 0 Å². The number of nitriles is 1. The smallest absolute Gasteiger partial charge is 0.114 e. The molecule has 14 heavy (non-hydrogen) atoms. The van der Waals surface area contributed by atoms with Gasteiger partial charge in [0.25, 0.3) is 0 Å². The number of likely N-dealkylation sites (tertiary alicyclic amines) is 1. The predicted molar refractivity (Wildman–Crippen MR) is 54.7 cm³/mol. The van der Waals surface area contributed by atoms with E-state index in [0.29, 0.717) is 12.6 Å². The van der Waals surface area contributed by atoms with E-state index in [2.05, 4.69) is 11.0 Å². The van der Waals surface area contributed by atoms with Crippen LogP contribution in [-0.2, 0) is 4.74 Å². The van der Waals surface area contributed by atoms with Gasteiger partial charge in [0.1, 0.15) is 5.54 Å². The second-order valence-electron chi connectivity index (χ2n) is 4.26. The second-order valence-corrected chi connectivity index (χ2v) is 4.26. The van der Waals surface area contributed by atoms with Crippen LogP contribution in [-0.4, -0.2) is 43.3 Å². The quantitative estimate of drug-likeness (QED) is 0.708. The van der Waals surface area contributed by atoms with Crippen molar-refractivity contribution in [1.29, 1.82) is 5.26 Å². The number of piperidine rings is 1. The van der Waals surface area contributed by atoms with Gasteiger partial charge in [-0.25, -0.2) is 0 Å². The lowest BCUT2D eigenvalue weighted by atomic mass is 10.0. The van der Waals surface area contributed by atoms with Crippen LogP contribution in [0.1, 0.15) is 19.8 Å². The minimum atomic E-state index is -0.740. The molecule has 1 heterocycles. The molecule has 2 N–H and O–H groups in total. The standard InChI is InChI=1S/C10H19N3O/c1-10(12,7-11)8-13-5-3-4-9(6-13)14-2/h9H,3-6,8,12H2,1-2H3. The normalized spacial score (nSPS) is 28.0. The summed E-state index contributed by atoms with van der Waals surface area (Å²) in [6, 6.07) is 2.12. The first-order chi connectivity index (χ1) is 6.57. The summed E-state index contributed by atoms with van der Waals surface area (Å²) in [4.78, 5) is 2.21. The highest BCUT2D eigenvalue weighted by atomic mass is 16.5. The Labute approximate surface area is 85.6 Å². The SMILES string of the molecule is COC1CCCN(CC(C)(N)C#N)C1. The summed E-state index contributed by atoms with van der Waals surface area (Å²) < 4.78 is 5.30. The Morgan fingerprint density at radius 1 is 1.71 bits per heavy atom. The van der Waals surface area contributed by atoms with E-state index >= 15 is 0 Å². The topological polar surface area (TPSA) is 62.3 Å². The fourth-order valence-corrected chi connectivity index (χ4v) is 1.85. The average molecular weight is 197 g/mol. The Morgan fingerprint density at radius 2 is 2.43 bits per heavy atom. The van der Waals surface area contributed by atoms with Crippen LogP contribution in [0.4, 0.5) is 0 Å². The Morgan fingerprint density at radius 3 is 3.00 bits per heavy atom. The number of nitrogens with two attached hydrogens (primary N) is 1. The molecular formula is C10H19N3O. The predicted octanol–water partition coefficient (Wildman–Crippen LogP) is 0.338. The molecule has 2 unspecified atom stereocenters. The molecule has 0 spiro atoms. The minimum Gasteiger partial charge on any atom is -0.380 e. The first-order valence-corrected chi connectivity index (χ1v) is 5.02. The molecule has 0 saturated carbocycles. The first kappa shape index (κ1) is 11.4. The lowest BCUT2D eigenvalue weighted by Crippen LogP contribution is -2.50. The van der Waals surface area contributed by atoms with E-state index in [1.807, 2.05) is 0 Å². The van der Waals surface area contributed by atoms with Gasteiger partial charge in [0, 0.05) is 20.2 Å². The average Bonchev–Trinajstić information content (AvgIpc) is 2.17. The number of ether oxygens (including phenoxy) is 1. The summed E-state index contributed by atoms with van der Waals surface area (Å²) >= 11 is 0. The molecule has 80 valence electrons. The summed E-state index contributed by atoms with van der Waals surface area (Å²) in [6.45, 7) is 4.31. The molecule has 2 atom stereocenters. The van der Waals surface area contributed by atoms with E-state index in [-0.39, 0.29) is 0 Å². The van der Waals surface area contributed by atoms with Gasteiger partial charge >= 0.3 is 0 Å². The van der Waals surface area contributed by atoms with Crippen LogP contribution in [0, 0.1) is 11.3 Å². The van der Waals surface area contributed by atoms with E-state index in [9.17, 15) is 0 Å². The monoisotopic (exact) mass is 197 g/mol. The lowest BCUT2D eigenvalue weighted by Gasteiger charge is -2.34. The van der Waals surface area contributed by atoms with Crippen LogP contribution in [0.3, 0.4) is 0 Å². The van der Waals surface area contributed by atoms with Gasteiger partial charge in [-0.2, -0.15) is 5.26 Å². The molecule has 0 aliphatic carbocycles. The zero-order valence-corrected chi connectivity index (χ0v) is 8.99. The van der Waals surface area contributed by atoms with Crippen molar-refractivity contribution in [1.82, 2.24) is 4.90 Å². The largest absolute Gasteiger partial charge is 0.380 e. The Balaban J connectivity index is 2.42. The second kappa shape index (κ2) is 4.74. The van der Waals surface area contributed by atoms with Crippen molar-refractivity contribution >= 4 is 0 Å². The fourth-order valence-electron chi connectivity index (χ4n) is 1.85. The highest BCUT2D eigenvalue weighted by molar-refractivity contribution is 5.03. The van der Waals surface area contributed by atoms with Gasteiger partial charge in [0.15, 0.2) is 0 Å². The molecule has 1 rings (SSSR count). The Kier molecular flexibility index (Phi) is 3.87. The zero-order valence-electron chi connectivity index (χ0n) is 8.99. The van der Waals surface area contributed by atoms with Crippen LogP contribution in [0.25, 0.3) is 0 Å². The van der Waals surface area contributed by atoms with Gasteiger partial charge in [0.2, 0.25) is 0 Å². The fraction of sp³-hybridized carbons (Fsp3) is 0.900. The van der Waals surface area contributed by atoms with Crippen LogP contribution in [0.15, 0.2) is 0 Å². The molecule has 0 radical (unpaired) electrons. The number of nitrogens with zero attached hydrogens (tertiary/aromatic N) is 2. The van der Waals surface area contributed by atoms with Crippen molar-refractivity contribution in [2.45, 2.75) is 31.4 Å². The first-order valence-electron chi connectivity index (χ1n) is 5.02. The van der Waals surface area contributed by atoms with Crippen molar-refractivity contribution in [2.24, 2.45) is 5.73 Å². The summed E-state index contributed by atoms with van der Waals surface area (Å²) in [5.74, 6) is 0. The zero-order chi connectivity index (χ0) is 10.6. The van der Waals surface area contributed by atoms with Crippen LogP contribution in [0.5, 0.6) is 0 Å². The van der Waals surface area contributed by atoms with Crippen molar-refractivity contribution in [2.75, 3.05) is 26.7 Å². The molecule has 1 saturated heterocycles. The van der Waals surface area contributed by atoms with Crippen molar-refractivity contribution in [3.05, 3.63) is 0 Å². The summed E-state index contributed by atoms with van der Waals surface area (Å²) in [5.41, 5.74) is 5.05. The number of hydrogen-bond acceptors (Lipinski definition) is 4. The Hall–Kier alpha value is -0.630. The van der Waals surface area contributed by atoms with Crippen molar-refractivity contribution < 1.29 is 4.74 Å². The number of rotatable bonds is 3. The van der Waals surface area contributed by atoms with Crippen LogP contribution < -0.4 is 5.73 Å².